The van der Waals surface area contributed by atoms with Gasteiger partial charge in [-0.05, 0) is 19.4 Å². The van der Waals surface area contributed by atoms with Crippen LogP contribution in [-0.4, -0.2) is 32.2 Å². The Hall–Kier alpha value is -1.11. The van der Waals surface area contributed by atoms with E-state index in [1.807, 2.05) is 0 Å². The Balaban J connectivity index is 2.59. The van der Waals surface area contributed by atoms with Crippen molar-refractivity contribution in [3.05, 3.63) is 23.5 Å². The van der Waals surface area contributed by atoms with Gasteiger partial charge >= 0.3 is 0 Å². The van der Waals surface area contributed by atoms with Crippen molar-refractivity contribution in [3.63, 3.8) is 0 Å². The molecular formula is C12H18N2O3S. The van der Waals surface area contributed by atoms with E-state index in [0.717, 1.165) is 11.8 Å². The first-order valence-corrected chi connectivity index (χ1v) is 6.62. The molecule has 0 saturated heterocycles. The quantitative estimate of drug-likeness (QED) is 0.739. The second-order valence-electron chi connectivity index (χ2n) is 4.08. The maximum Gasteiger partial charge on any atom is 0.185 e. The highest BCUT2D eigenvalue weighted by atomic mass is 32.2. The molecule has 1 heterocycles. The molecule has 1 aromatic heterocycles. The summed E-state index contributed by atoms with van der Waals surface area (Å²) < 4.78 is 0. The number of aryl methyl sites for hydroxylation is 1. The molecule has 0 bridgehead atoms. The van der Waals surface area contributed by atoms with E-state index >= 15 is 0 Å². The van der Waals surface area contributed by atoms with E-state index < -0.39 is 12.2 Å². The molecule has 0 fully saturated rings. The van der Waals surface area contributed by atoms with Crippen LogP contribution in [0.25, 0.3) is 0 Å². The van der Waals surface area contributed by atoms with E-state index in [0.29, 0.717) is 29.1 Å². The van der Waals surface area contributed by atoms with Gasteiger partial charge < -0.3 is 15.9 Å². The molecule has 0 aliphatic carbocycles. The summed E-state index contributed by atoms with van der Waals surface area (Å²) in [5.41, 5.74) is 7.35. The van der Waals surface area contributed by atoms with Crippen LogP contribution in [0.15, 0.2) is 12.3 Å². The third-order valence-corrected chi connectivity index (χ3v) is 3.42. The molecule has 0 amide bonds. The van der Waals surface area contributed by atoms with E-state index in [2.05, 4.69) is 4.98 Å². The summed E-state index contributed by atoms with van der Waals surface area (Å²) in [6.45, 7) is 3.24. The first-order valence-electron chi connectivity index (χ1n) is 5.63. The molecule has 18 heavy (non-hydrogen) atoms. The Labute approximate surface area is 110 Å². The summed E-state index contributed by atoms with van der Waals surface area (Å²) in [6, 6.07) is 1.61. The third-order valence-electron chi connectivity index (χ3n) is 2.57. The van der Waals surface area contributed by atoms with Gasteiger partial charge in [-0.1, -0.05) is 11.8 Å². The van der Waals surface area contributed by atoms with Crippen molar-refractivity contribution in [1.82, 2.24) is 4.98 Å². The number of anilines is 1. The highest BCUT2D eigenvalue weighted by Crippen LogP contribution is 2.22. The topological polar surface area (TPSA) is 96.4 Å². The molecule has 0 radical (unpaired) electrons. The van der Waals surface area contributed by atoms with Crippen LogP contribution < -0.4 is 5.73 Å². The number of hydrogen-bond donors (Lipinski definition) is 3. The Morgan fingerprint density at radius 2 is 2.22 bits per heavy atom. The number of carbonyl (C=O) groups is 1. The Morgan fingerprint density at radius 1 is 1.56 bits per heavy atom. The fourth-order valence-electron chi connectivity index (χ4n) is 1.43. The maximum absolute atomic E-state index is 10.7. The summed E-state index contributed by atoms with van der Waals surface area (Å²) in [5.74, 6) is 0.475. The van der Waals surface area contributed by atoms with Gasteiger partial charge in [-0.3, -0.25) is 9.78 Å². The fourth-order valence-corrected chi connectivity index (χ4v) is 2.08. The third kappa shape index (κ3) is 4.29. The minimum absolute atomic E-state index is 0.00191. The van der Waals surface area contributed by atoms with Crippen molar-refractivity contribution >= 4 is 22.6 Å². The molecule has 2 unspecified atom stereocenters. The molecule has 1 aromatic rings. The van der Waals surface area contributed by atoms with Crippen LogP contribution in [0.1, 0.15) is 30.7 Å². The van der Waals surface area contributed by atoms with Gasteiger partial charge in [0, 0.05) is 24.4 Å². The van der Waals surface area contributed by atoms with Gasteiger partial charge in [-0.25, -0.2) is 0 Å². The molecule has 0 spiro atoms. The van der Waals surface area contributed by atoms with Gasteiger partial charge in [0.2, 0.25) is 0 Å². The Morgan fingerprint density at radius 3 is 2.78 bits per heavy atom. The molecule has 0 saturated carbocycles. The van der Waals surface area contributed by atoms with Crippen molar-refractivity contribution in [1.29, 1.82) is 0 Å². The summed E-state index contributed by atoms with van der Waals surface area (Å²) >= 11 is 1.13. The van der Waals surface area contributed by atoms with Crippen molar-refractivity contribution in [2.75, 3.05) is 11.5 Å². The Kier molecular flexibility index (Phi) is 5.58. The number of hydrogen-bond acceptors (Lipinski definition) is 6. The van der Waals surface area contributed by atoms with Crippen molar-refractivity contribution in [3.8, 4) is 0 Å². The number of carbonyl (C=O) groups excluding carboxylic acids is 1. The van der Waals surface area contributed by atoms with Gasteiger partial charge in [-0.15, -0.1) is 0 Å². The van der Waals surface area contributed by atoms with Crippen molar-refractivity contribution in [2.45, 2.75) is 32.5 Å². The Bertz CT molecular complexity index is 426. The van der Waals surface area contributed by atoms with Crippen LogP contribution in [0.5, 0.6) is 0 Å². The first kappa shape index (κ1) is 14.9. The molecular weight excluding hydrogens is 252 g/mol. The van der Waals surface area contributed by atoms with Gasteiger partial charge in [0.05, 0.1) is 17.5 Å². The predicted octanol–water partition coefficient (Wildman–Crippen LogP) is 1.04. The average Bonchev–Trinajstić information content (AvgIpc) is 2.31. The summed E-state index contributed by atoms with van der Waals surface area (Å²) in [7, 11) is 0. The number of rotatable bonds is 5. The van der Waals surface area contributed by atoms with Crippen molar-refractivity contribution in [2.24, 2.45) is 0 Å². The smallest absolute Gasteiger partial charge is 0.185 e. The van der Waals surface area contributed by atoms with E-state index in [4.69, 9.17) is 5.73 Å². The zero-order valence-electron chi connectivity index (χ0n) is 10.5. The van der Waals surface area contributed by atoms with Gasteiger partial charge in [0.25, 0.3) is 0 Å². The minimum atomic E-state index is -1.03. The van der Waals surface area contributed by atoms with E-state index in [-0.39, 0.29) is 5.12 Å². The van der Waals surface area contributed by atoms with Crippen LogP contribution in [0.3, 0.4) is 0 Å². The van der Waals surface area contributed by atoms with Crippen LogP contribution in [0.4, 0.5) is 5.69 Å². The van der Waals surface area contributed by atoms with E-state index in [1.54, 1.807) is 13.0 Å². The number of pyridine rings is 1. The second-order valence-corrected chi connectivity index (χ2v) is 5.36. The molecule has 6 heteroatoms. The SMILES string of the molecule is CC(=O)SCCC(O)C(O)c1cnc(C)c(N)c1. The van der Waals surface area contributed by atoms with Crippen LogP contribution >= 0.6 is 11.8 Å². The molecule has 0 aliphatic heterocycles. The highest BCUT2D eigenvalue weighted by molar-refractivity contribution is 8.13. The lowest BCUT2D eigenvalue weighted by Crippen LogP contribution is -2.19. The number of aliphatic hydroxyl groups is 2. The maximum atomic E-state index is 10.7. The summed E-state index contributed by atoms with van der Waals surface area (Å²) in [6.07, 6.45) is -0.134. The molecule has 0 aromatic carbocycles. The number of nitrogen functional groups attached to an aromatic ring is 1. The van der Waals surface area contributed by atoms with E-state index in [1.165, 1.54) is 13.1 Å². The normalized spacial score (nSPS) is 14.2. The minimum Gasteiger partial charge on any atom is -0.397 e. The molecule has 4 N–H and O–H groups in total. The lowest BCUT2D eigenvalue weighted by atomic mass is 10.0. The predicted molar refractivity (Wildman–Crippen MR) is 72.1 cm³/mol. The fraction of sp³-hybridized carbons (Fsp3) is 0.500. The molecule has 1 rings (SSSR count). The second kappa shape index (κ2) is 6.72. The van der Waals surface area contributed by atoms with Crippen molar-refractivity contribution < 1.29 is 15.0 Å². The number of nitrogens with two attached hydrogens (primary N) is 1. The van der Waals surface area contributed by atoms with Gasteiger partial charge in [0.1, 0.15) is 6.10 Å². The molecule has 0 aliphatic rings. The van der Waals surface area contributed by atoms with Gasteiger partial charge in [0.15, 0.2) is 5.12 Å². The lowest BCUT2D eigenvalue weighted by molar-refractivity contribution is -0.109. The average molecular weight is 270 g/mol. The van der Waals surface area contributed by atoms with Gasteiger partial charge in [-0.2, -0.15) is 0 Å². The van der Waals surface area contributed by atoms with Crippen LogP contribution in [-0.2, 0) is 4.79 Å². The molecule has 5 nitrogen and oxygen atoms in total. The first-order chi connectivity index (χ1) is 8.41. The zero-order chi connectivity index (χ0) is 13.7. The van der Waals surface area contributed by atoms with E-state index in [9.17, 15) is 15.0 Å². The molecule has 100 valence electrons. The largest absolute Gasteiger partial charge is 0.397 e. The van der Waals surface area contributed by atoms with Crippen LogP contribution in [0.2, 0.25) is 0 Å². The summed E-state index contributed by atoms with van der Waals surface area (Å²) in [5, 5.41) is 19.7. The zero-order valence-corrected chi connectivity index (χ0v) is 11.3. The number of aliphatic hydroxyl groups excluding tert-OH is 2. The lowest BCUT2D eigenvalue weighted by Gasteiger charge is -2.18. The number of aromatic nitrogens is 1. The monoisotopic (exact) mass is 270 g/mol. The van der Waals surface area contributed by atoms with Crippen LogP contribution in [0, 0.1) is 6.92 Å². The number of nitrogens with zero attached hydrogens (tertiary/aromatic N) is 1. The number of thioether (sulfide) groups is 1. The molecule has 2 atom stereocenters. The summed E-state index contributed by atoms with van der Waals surface area (Å²) in [4.78, 5) is 14.8. The highest BCUT2D eigenvalue weighted by Gasteiger charge is 2.19. The standard InChI is InChI=1S/C12H18N2O3S/c1-7-10(13)5-9(6-14-7)12(17)11(16)3-4-18-8(2)15/h5-6,11-12,16-17H,3-4,13H2,1-2H3.